The van der Waals surface area contributed by atoms with Crippen LogP contribution in [0.2, 0.25) is 0 Å². The van der Waals surface area contributed by atoms with Crippen LogP contribution in [-0.2, 0) is 10.0 Å². The summed E-state index contributed by atoms with van der Waals surface area (Å²) in [4.78, 5) is 10.8. The number of nitriles is 1. The van der Waals surface area contributed by atoms with Crippen LogP contribution in [0.15, 0.2) is 17.3 Å². The molecule has 1 aromatic heterocycles. The van der Waals surface area contributed by atoms with Gasteiger partial charge in [0.15, 0.2) is 11.5 Å². The number of piperidine rings is 1. The summed E-state index contributed by atoms with van der Waals surface area (Å²) in [6.07, 6.45) is 4.76. The van der Waals surface area contributed by atoms with Gasteiger partial charge in [-0.1, -0.05) is 0 Å². The van der Waals surface area contributed by atoms with E-state index in [1.165, 1.54) is 6.20 Å². The van der Waals surface area contributed by atoms with Crippen molar-refractivity contribution in [3.05, 3.63) is 45.9 Å². The smallest absolute Gasteiger partial charge is 0.241 e. The summed E-state index contributed by atoms with van der Waals surface area (Å²) < 4.78 is 29.1. The minimum absolute atomic E-state index is 0.242. The molecule has 160 valence electrons. The van der Waals surface area contributed by atoms with E-state index < -0.39 is 10.0 Å². The fraction of sp³-hybridized carbons (Fsp3) is 0.500. The molecule has 2 aromatic rings. The number of aromatic nitrogens is 2. The lowest BCUT2D eigenvalue weighted by Gasteiger charge is -2.33. The van der Waals surface area contributed by atoms with E-state index >= 15 is 0 Å². The third-order valence-corrected chi connectivity index (χ3v) is 8.16. The van der Waals surface area contributed by atoms with Gasteiger partial charge in [0.1, 0.15) is 6.07 Å². The maximum atomic E-state index is 13.1. The molecule has 0 radical (unpaired) electrons. The molecule has 1 aliphatic rings. The van der Waals surface area contributed by atoms with Crippen LogP contribution < -0.4 is 9.62 Å². The van der Waals surface area contributed by atoms with Crippen LogP contribution >= 0.6 is 0 Å². The van der Waals surface area contributed by atoms with Gasteiger partial charge in [-0.05, 0) is 81.2 Å². The van der Waals surface area contributed by atoms with E-state index in [1.807, 2.05) is 34.6 Å². The van der Waals surface area contributed by atoms with Gasteiger partial charge in [0.05, 0.1) is 4.90 Å². The summed E-state index contributed by atoms with van der Waals surface area (Å²) in [6, 6.07) is 2.08. The molecule has 8 heteroatoms. The molecule has 30 heavy (non-hydrogen) atoms. The van der Waals surface area contributed by atoms with Crippen LogP contribution in [0.25, 0.3) is 0 Å². The monoisotopic (exact) mass is 427 g/mol. The molecule has 0 saturated carbocycles. The zero-order valence-corrected chi connectivity index (χ0v) is 19.1. The number of nitrogens with zero attached hydrogens (tertiary/aromatic N) is 4. The summed E-state index contributed by atoms with van der Waals surface area (Å²) in [5, 5.41) is 9.23. The lowest BCUT2D eigenvalue weighted by molar-refractivity contribution is 0.400. The van der Waals surface area contributed by atoms with E-state index in [1.54, 1.807) is 6.20 Å². The third kappa shape index (κ3) is 4.18. The van der Waals surface area contributed by atoms with Gasteiger partial charge in [-0.2, -0.15) is 5.26 Å². The molecule has 0 bridgehead atoms. The van der Waals surface area contributed by atoms with Crippen LogP contribution in [0, 0.1) is 51.9 Å². The largest absolute Gasteiger partial charge is 0.354 e. The van der Waals surface area contributed by atoms with Crippen molar-refractivity contribution in [1.29, 1.82) is 5.26 Å². The van der Waals surface area contributed by atoms with Gasteiger partial charge >= 0.3 is 0 Å². The molecule has 0 spiro atoms. The molecular weight excluding hydrogens is 398 g/mol. The molecule has 0 amide bonds. The Hall–Kier alpha value is -2.50. The number of sulfonamides is 1. The van der Waals surface area contributed by atoms with Crippen LogP contribution in [0.4, 0.5) is 5.82 Å². The SMILES string of the molecule is Cc1c(C)c(C)c(S(=O)(=O)NCC2CCN(c3nccnc3C#N)CC2)c(C)c1C. The van der Waals surface area contributed by atoms with Crippen molar-refractivity contribution in [2.24, 2.45) is 5.92 Å². The average Bonchev–Trinajstić information content (AvgIpc) is 2.75. The van der Waals surface area contributed by atoms with Crippen LogP contribution in [0.3, 0.4) is 0 Å². The van der Waals surface area contributed by atoms with Gasteiger partial charge in [-0.25, -0.2) is 23.1 Å². The van der Waals surface area contributed by atoms with Crippen molar-refractivity contribution in [1.82, 2.24) is 14.7 Å². The predicted molar refractivity (Wildman–Crippen MR) is 117 cm³/mol. The predicted octanol–water partition coefficient (Wildman–Crippen LogP) is 3.09. The summed E-state index contributed by atoms with van der Waals surface area (Å²) in [5.74, 6) is 0.849. The summed E-state index contributed by atoms with van der Waals surface area (Å²) in [7, 11) is -3.59. The number of nitrogens with one attached hydrogen (secondary N) is 1. The fourth-order valence-electron chi connectivity index (χ4n) is 4.16. The van der Waals surface area contributed by atoms with Gasteiger partial charge in [0.25, 0.3) is 0 Å². The van der Waals surface area contributed by atoms with Crippen molar-refractivity contribution in [3.63, 3.8) is 0 Å². The van der Waals surface area contributed by atoms with Gasteiger partial charge < -0.3 is 4.90 Å². The molecular formula is C22H29N5O2S. The highest BCUT2D eigenvalue weighted by Crippen LogP contribution is 2.30. The van der Waals surface area contributed by atoms with E-state index in [2.05, 4.69) is 25.7 Å². The molecule has 3 rings (SSSR count). The molecule has 1 aromatic carbocycles. The summed E-state index contributed by atoms with van der Waals surface area (Å²) >= 11 is 0. The Morgan fingerprint density at radius 3 is 2.10 bits per heavy atom. The lowest BCUT2D eigenvalue weighted by atomic mass is 9.95. The lowest BCUT2D eigenvalue weighted by Crippen LogP contribution is -2.39. The molecule has 2 heterocycles. The quantitative estimate of drug-likeness (QED) is 0.787. The van der Waals surface area contributed by atoms with Gasteiger partial charge in [-0.15, -0.1) is 0 Å². The second-order valence-electron chi connectivity index (χ2n) is 8.08. The maximum Gasteiger partial charge on any atom is 0.241 e. The minimum atomic E-state index is -3.59. The van der Waals surface area contributed by atoms with Crippen molar-refractivity contribution < 1.29 is 8.42 Å². The zero-order chi connectivity index (χ0) is 22.1. The first-order chi connectivity index (χ1) is 14.2. The molecule has 0 atom stereocenters. The zero-order valence-electron chi connectivity index (χ0n) is 18.3. The van der Waals surface area contributed by atoms with Gasteiger partial charge in [-0.3, -0.25) is 0 Å². The van der Waals surface area contributed by atoms with Crippen molar-refractivity contribution >= 4 is 15.8 Å². The highest BCUT2D eigenvalue weighted by atomic mass is 32.2. The van der Waals surface area contributed by atoms with E-state index in [9.17, 15) is 13.7 Å². The van der Waals surface area contributed by atoms with E-state index in [0.717, 1.165) is 53.7 Å². The third-order valence-electron chi connectivity index (χ3n) is 6.46. The normalized spacial score (nSPS) is 15.3. The number of benzene rings is 1. The van der Waals surface area contributed by atoms with Gasteiger partial charge in [0.2, 0.25) is 10.0 Å². The molecule has 1 N–H and O–H groups in total. The number of anilines is 1. The Labute approximate surface area is 179 Å². The molecule has 1 aliphatic heterocycles. The Morgan fingerprint density at radius 1 is 1.00 bits per heavy atom. The Bertz CT molecular complexity index is 1070. The molecule has 0 unspecified atom stereocenters. The Kier molecular flexibility index (Phi) is 6.44. The van der Waals surface area contributed by atoms with Crippen molar-refractivity contribution in [3.8, 4) is 6.07 Å². The Morgan fingerprint density at radius 2 is 1.53 bits per heavy atom. The van der Waals surface area contributed by atoms with Crippen LogP contribution in [0.1, 0.15) is 46.4 Å². The highest BCUT2D eigenvalue weighted by Gasteiger charge is 2.27. The Balaban J connectivity index is 1.68. The van der Waals surface area contributed by atoms with Crippen molar-refractivity contribution in [2.45, 2.75) is 52.4 Å². The first-order valence-electron chi connectivity index (χ1n) is 10.2. The van der Waals surface area contributed by atoms with E-state index in [-0.39, 0.29) is 5.92 Å². The van der Waals surface area contributed by atoms with Gasteiger partial charge in [0, 0.05) is 32.0 Å². The highest BCUT2D eigenvalue weighted by molar-refractivity contribution is 7.89. The summed E-state index contributed by atoms with van der Waals surface area (Å²) in [6.45, 7) is 11.6. The van der Waals surface area contributed by atoms with E-state index in [0.29, 0.717) is 23.0 Å². The number of hydrogen-bond donors (Lipinski definition) is 1. The fourth-order valence-corrected chi connectivity index (χ4v) is 5.87. The first kappa shape index (κ1) is 22.2. The topological polar surface area (TPSA) is 99.0 Å². The second kappa shape index (κ2) is 8.70. The number of rotatable bonds is 5. The molecule has 7 nitrogen and oxygen atoms in total. The standard InChI is InChI=1S/C22H29N5O2S/c1-14-15(2)17(4)21(18(5)16(14)3)30(28,29)26-13-19-6-10-27(11-7-19)22-20(12-23)24-8-9-25-22/h8-9,19,26H,6-7,10-11,13H2,1-5H3. The molecule has 1 fully saturated rings. The maximum absolute atomic E-state index is 13.1. The van der Waals surface area contributed by atoms with Crippen LogP contribution in [-0.4, -0.2) is 38.0 Å². The molecule has 1 saturated heterocycles. The minimum Gasteiger partial charge on any atom is -0.354 e. The first-order valence-corrected chi connectivity index (χ1v) is 11.7. The number of hydrogen-bond acceptors (Lipinski definition) is 6. The van der Waals surface area contributed by atoms with E-state index in [4.69, 9.17) is 0 Å². The second-order valence-corrected chi connectivity index (χ2v) is 9.78. The average molecular weight is 428 g/mol. The van der Waals surface area contributed by atoms with Crippen LogP contribution in [0.5, 0.6) is 0 Å². The van der Waals surface area contributed by atoms with Crippen molar-refractivity contribution in [2.75, 3.05) is 24.5 Å². The molecule has 0 aliphatic carbocycles. The summed E-state index contributed by atoms with van der Waals surface area (Å²) in [5.41, 5.74) is 5.19.